The van der Waals surface area contributed by atoms with E-state index in [1.54, 1.807) is 13.8 Å². The Hall–Kier alpha value is -0.620. The van der Waals surface area contributed by atoms with Gasteiger partial charge in [-0.2, -0.15) is 0 Å². The van der Waals surface area contributed by atoms with Crippen LogP contribution in [0.4, 0.5) is 0 Å². The second kappa shape index (κ2) is 6.35. The molecule has 1 atom stereocenters. The van der Waals surface area contributed by atoms with Crippen molar-refractivity contribution in [3.63, 3.8) is 0 Å². The molecule has 0 bridgehead atoms. The highest BCUT2D eigenvalue weighted by atomic mass is 32.2. The Bertz CT molecular complexity index is 350. The average molecular weight is 264 g/mol. The van der Waals surface area contributed by atoms with Crippen molar-refractivity contribution in [2.45, 2.75) is 44.9 Å². The van der Waals surface area contributed by atoms with Crippen LogP contribution < -0.4 is 10.6 Å². The molecule has 2 N–H and O–H groups in total. The van der Waals surface area contributed by atoms with E-state index in [-0.39, 0.29) is 25.0 Å². The van der Waals surface area contributed by atoms with Crippen LogP contribution in [0.2, 0.25) is 0 Å². The average Bonchev–Trinajstić information content (AvgIpc) is 2.15. The van der Waals surface area contributed by atoms with Crippen LogP contribution in [-0.4, -0.2) is 44.5 Å². The third kappa shape index (κ3) is 6.02. The number of amides is 1. The van der Waals surface area contributed by atoms with Crippen LogP contribution in [0.3, 0.4) is 0 Å². The van der Waals surface area contributed by atoms with Crippen molar-refractivity contribution in [2.75, 3.05) is 19.3 Å². The Balaban J connectivity index is 4.05. The van der Waals surface area contributed by atoms with Crippen molar-refractivity contribution < 1.29 is 13.2 Å². The van der Waals surface area contributed by atoms with Gasteiger partial charge in [0.2, 0.25) is 5.91 Å². The zero-order valence-corrected chi connectivity index (χ0v) is 12.1. The van der Waals surface area contributed by atoms with Gasteiger partial charge >= 0.3 is 0 Å². The Morgan fingerprint density at radius 1 is 1.35 bits per heavy atom. The number of hydrogen-bond acceptors (Lipinski definition) is 4. The molecule has 0 heterocycles. The van der Waals surface area contributed by atoms with Crippen molar-refractivity contribution in [1.29, 1.82) is 0 Å². The summed E-state index contributed by atoms with van der Waals surface area (Å²) < 4.78 is 22.0. The summed E-state index contributed by atoms with van der Waals surface area (Å²) in [6.07, 6.45) is 2.08. The molecule has 17 heavy (non-hydrogen) atoms. The molecule has 0 saturated heterocycles. The van der Waals surface area contributed by atoms with E-state index in [9.17, 15) is 13.2 Å². The molecule has 0 aromatic carbocycles. The zero-order chi connectivity index (χ0) is 13.7. The number of sulfone groups is 1. The third-order valence-corrected chi connectivity index (χ3v) is 5.01. The van der Waals surface area contributed by atoms with Gasteiger partial charge in [-0.15, -0.1) is 0 Å². The maximum atomic E-state index is 11.4. The lowest BCUT2D eigenvalue weighted by molar-refractivity contribution is -0.120. The summed E-state index contributed by atoms with van der Waals surface area (Å²) in [6.45, 7) is 7.61. The molecule has 0 aromatic heterocycles. The van der Waals surface area contributed by atoms with E-state index in [2.05, 4.69) is 10.6 Å². The fraction of sp³-hybridized carbons (Fsp3) is 0.909. The van der Waals surface area contributed by atoms with E-state index in [4.69, 9.17) is 0 Å². The number of carbonyl (C=O) groups excluding carboxylic acids is 1. The highest BCUT2D eigenvalue weighted by molar-refractivity contribution is 7.92. The fourth-order valence-corrected chi connectivity index (χ4v) is 1.40. The summed E-state index contributed by atoms with van der Waals surface area (Å²) in [5, 5.41) is 5.67. The summed E-state index contributed by atoms with van der Waals surface area (Å²) >= 11 is 0. The minimum Gasteiger partial charge on any atom is -0.353 e. The van der Waals surface area contributed by atoms with E-state index >= 15 is 0 Å². The number of rotatable bonds is 7. The molecule has 0 spiro atoms. The standard InChI is InChI=1S/C11H24N2O3S/c1-6-9(2)13-10(14)7-12-8-11(3,4)17(5,15)16/h9,12H,6-8H2,1-5H3,(H,13,14). The highest BCUT2D eigenvalue weighted by Crippen LogP contribution is 2.12. The van der Waals surface area contributed by atoms with Crippen LogP contribution in [0.15, 0.2) is 0 Å². The first-order valence-corrected chi connectivity index (χ1v) is 7.69. The molecule has 6 heteroatoms. The van der Waals surface area contributed by atoms with Crippen molar-refractivity contribution >= 4 is 15.7 Å². The quantitative estimate of drug-likeness (QED) is 0.694. The third-order valence-electron chi connectivity index (χ3n) is 2.86. The molecule has 0 radical (unpaired) electrons. The first-order valence-electron chi connectivity index (χ1n) is 5.80. The summed E-state index contributed by atoms with van der Waals surface area (Å²) in [7, 11) is -3.12. The Morgan fingerprint density at radius 3 is 2.29 bits per heavy atom. The van der Waals surface area contributed by atoms with Crippen LogP contribution in [0, 0.1) is 0 Å². The van der Waals surface area contributed by atoms with Gasteiger partial charge in [0.05, 0.1) is 11.3 Å². The first-order chi connectivity index (χ1) is 7.60. The van der Waals surface area contributed by atoms with Crippen LogP contribution in [-0.2, 0) is 14.6 Å². The molecule has 5 nitrogen and oxygen atoms in total. The minimum atomic E-state index is -3.12. The second-order valence-corrected chi connectivity index (χ2v) is 7.66. The monoisotopic (exact) mass is 264 g/mol. The normalized spacial score (nSPS) is 14.4. The van der Waals surface area contributed by atoms with Gasteiger partial charge in [-0.1, -0.05) is 6.92 Å². The lowest BCUT2D eigenvalue weighted by Crippen LogP contribution is -2.46. The first kappa shape index (κ1) is 16.4. The van der Waals surface area contributed by atoms with Crippen molar-refractivity contribution in [3.8, 4) is 0 Å². The molecule has 0 rings (SSSR count). The maximum absolute atomic E-state index is 11.4. The lowest BCUT2D eigenvalue weighted by atomic mass is 10.2. The molecule has 0 fully saturated rings. The van der Waals surface area contributed by atoms with Crippen molar-refractivity contribution in [2.24, 2.45) is 0 Å². The highest BCUT2D eigenvalue weighted by Gasteiger charge is 2.29. The topological polar surface area (TPSA) is 75.3 Å². The summed E-state index contributed by atoms with van der Waals surface area (Å²) in [4.78, 5) is 11.4. The van der Waals surface area contributed by atoms with Gasteiger partial charge in [-0.3, -0.25) is 4.79 Å². The summed E-state index contributed by atoms with van der Waals surface area (Å²) in [6, 6.07) is 0.146. The van der Waals surface area contributed by atoms with Crippen molar-refractivity contribution in [3.05, 3.63) is 0 Å². The molecular formula is C11H24N2O3S. The van der Waals surface area contributed by atoms with Crippen LogP contribution in [0.1, 0.15) is 34.1 Å². The Kier molecular flexibility index (Phi) is 6.12. The number of carbonyl (C=O) groups is 1. The molecule has 1 unspecified atom stereocenters. The Labute approximate surface area is 104 Å². The lowest BCUT2D eigenvalue weighted by Gasteiger charge is -2.22. The Morgan fingerprint density at radius 2 is 1.88 bits per heavy atom. The number of hydrogen-bond donors (Lipinski definition) is 2. The zero-order valence-electron chi connectivity index (χ0n) is 11.3. The van der Waals surface area contributed by atoms with Crippen LogP contribution in [0.25, 0.3) is 0 Å². The van der Waals surface area contributed by atoms with Crippen LogP contribution in [0.5, 0.6) is 0 Å². The van der Waals surface area contributed by atoms with Gasteiger partial charge in [0.1, 0.15) is 0 Å². The van der Waals surface area contributed by atoms with Crippen molar-refractivity contribution in [1.82, 2.24) is 10.6 Å². The number of nitrogens with one attached hydrogen (secondary N) is 2. The molecule has 102 valence electrons. The predicted molar refractivity (Wildman–Crippen MR) is 69.7 cm³/mol. The second-order valence-electron chi connectivity index (χ2n) is 5.01. The molecule has 0 aliphatic carbocycles. The smallest absolute Gasteiger partial charge is 0.234 e. The van der Waals surface area contributed by atoms with Gasteiger partial charge in [-0.05, 0) is 27.2 Å². The van der Waals surface area contributed by atoms with Gasteiger partial charge < -0.3 is 10.6 Å². The molecular weight excluding hydrogens is 240 g/mol. The SMILES string of the molecule is CCC(C)NC(=O)CNCC(C)(C)S(C)(=O)=O. The van der Waals surface area contributed by atoms with Gasteiger partial charge in [0.25, 0.3) is 0 Å². The van der Waals surface area contributed by atoms with E-state index in [1.165, 1.54) is 6.26 Å². The molecule has 0 aromatic rings. The van der Waals surface area contributed by atoms with E-state index in [1.807, 2.05) is 13.8 Å². The van der Waals surface area contributed by atoms with Gasteiger partial charge in [-0.25, -0.2) is 8.42 Å². The molecule has 1 amide bonds. The predicted octanol–water partition coefficient (Wildman–Crippen LogP) is 0.314. The van der Waals surface area contributed by atoms with Gasteiger partial charge in [0, 0.05) is 18.8 Å². The van der Waals surface area contributed by atoms with Crippen LogP contribution >= 0.6 is 0 Å². The fourth-order valence-electron chi connectivity index (χ4n) is 1.04. The van der Waals surface area contributed by atoms with Gasteiger partial charge in [0.15, 0.2) is 9.84 Å². The summed E-state index contributed by atoms with van der Waals surface area (Å²) in [5.41, 5.74) is 0. The summed E-state index contributed by atoms with van der Waals surface area (Å²) in [5.74, 6) is -0.108. The molecule has 0 aliphatic heterocycles. The maximum Gasteiger partial charge on any atom is 0.234 e. The largest absolute Gasteiger partial charge is 0.353 e. The minimum absolute atomic E-state index is 0.108. The molecule has 0 aliphatic rings. The van der Waals surface area contributed by atoms with E-state index in [0.29, 0.717) is 0 Å². The van der Waals surface area contributed by atoms with E-state index < -0.39 is 14.6 Å². The van der Waals surface area contributed by atoms with E-state index in [0.717, 1.165) is 6.42 Å². The molecule has 0 saturated carbocycles.